The second-order valence-corrected chi connectivity index (χ2v) is 7.44. The van der Waals surface area contributed by atoms with Crippen LogP contribution >= 0.6 is 22.9 Å². The molecule has 2 saturated heterocycles. The highest BCUT2D eigenvalue weighted by Gasteiger charge is 2.46. The maximum atomic E-state index is 14.1. The number of ether oxygens (including phenoxy) is 1. The molecular weight excluding hydrogens is 346 g/mol. The number of carbonyl (C=O) groups excluding carboxylic acids is 1. The summed E-state index contributed by atoms with van der Waals surface area (Å²) in [7, 11) is 0. The zero-order chi connectivity index (χ0) is 16.4. The Morgan fingerprint density at radius 1 is 1.48 bits per heavy atom. The Morgan fingerprint density at radius 2 is 2.26 bits per heavy atom. The van der Waals surface area contributed by atoms with Crippen LogP contribution in [-0.4, -0.2) is 31.3 Å². The molecule has 0 bridgehead atoms. The zero-order valence-corrected chi connectivity index (χ0v) is 13.8. The van der Waals surface area contributed by atoms with Crippen molar-refractivity contribution in [1.82, 2.24) is 5.32 Å². The molecule has 4 nitrogen and oxygen atoms in total. The number of cyclic esters (lactones) is 1. The van der Waals surface area contributed by atoms with E-state index in [1.807, 2.05) is 4.90 Å². The van der Waals surface area contributed by atoms with Crippen LogP contribution in [0.4, 0.5) is 18.6 Å². The highest BCUT2D eigenvalue weighted by molar-refractivity contribution is 7.23. The van der Waals surface area contributed by atoms with Gasteiger partial charge in [0.1, 0.15) is 11.6 Å². The lowest BCUT2D eigenvalue weighted by Gasteiger charge is -2.21. The summed E-state index contributed by atoms with van der Waals surface area (Å²) < 4.78 is 32.9. The smallest absolute Gasteiger partial charge is 0.407 e. The van der Waals surface area contributed by atoms with Gasteiger partial charge in [-0.3, -0.25) is 0 Å². The van der Waals surface area contributed by atoms with E-state index in [4.69, 9.17) is 16.3 Å². The van der Waals surface area contributed by atoms with E-state index in [-0.39, 0.29) is 4.70 Å². The van der Waals surface area contributed by atoms with E-state index in [0.29, 0.717) is 40.7 Å². The van der Waals surface area contributed by atoms with E-state index >= 15 is 0 Å². The number of rotatable bonds is 1. The third-order valence-corrected chi connectivity index (χ3v) is 6.19. The van der Waals surface area contributed by atoms with E-state index in [1.165, 1.54) is 0 Å². The van der Waals surface area contributed by atoms with Crippen LogP contribution in [0, 0.1) is 18.6 Å². The van der Waals surface area contributed by atoms with Crippen LogP contribution in [0.25, 0.3) is 10.1 Å². The highest BCUT2D eigenvalue weighted by Crippen LogP contribution is 2.46. The Balaban J connectivity index is 1.76. The molecule has 1 amide bonds. The van der Waals surface area contributed by atoms with E-state index in [9.17, 15) is 13.6 Å². The van der Waals surface area contributed by atoms with Gasteiger partial charge < -0.3 is 15.0 Å². The summed E-state index contributed by atoms with van der Waals surface area (Å²) in [4.78, 5) is 13.3. The summed E-state index contributed by atoms with van der Waals surface area (Å²) in [5.41, 5.74) is 0.188. The molecule has 2 fully saturated rings. The number of thiophene rings is 1. The van der Waals surface area contributed by atoms with Crippen molar-refractivity contribution in [2.24, 2.45) is 0 Å². The Morgan fingerprint density at radius 3 is 2.96 bits per heavy atom. The summed E-state index contributed by atoms with van der Waals surface area (Å²) in [6.07, 6.45) is 0.303. The standard InChI is InChI=1S/C15H13ClF2N2O2S/c1-7-4-8(17)11(18)12-9(7)10(16)13(23-12)20-3-2-15(5-20)6-22-14(21)19-15/h4H,2-3,5-6H2,1H3,(H,19,21). The van der Waals surface area contributed by atoms with Crippen molar-refractivity contribution in [2.45, 2.75) is 18.9 Å². The van der Waals surface area contributed by atoms with Crippen LogP contribution in [0.15, 0.2) is 6.07 Å². The van der Waals surface area contributed by atoms with Crippen molar-refractivity contribution in [3.63, 3.8) is 0 Å². The van der Waals surface area contributed by atoms with Crippen LogP contribution in [0.2, 0.25) is 5.02 Å². The number of nitrogens with zero attached hydrogens (tertiary/aromatic N) is 1. The molecule has 8 heteroatoms. The van der Waals surface area contributed by atoms with E-state index in [0.717, 1.165) is 23.8 Å². The summed E-state index contributed by atoms with van der Waals surface area (Å²) in [5.74, 6) is -1.73. The van der Waals surface area contributed by atoms with Crippen LogP contribution in [0.3, 0.4) is 0 Å². The summed E-state index contributed by atoms with van der Waals surface area (Å²) in [6, 6.07) is 1.16. The maximum absolute atomic E-state index is 14.1. The molecule has 122 valence electrons. The van der Waals surface area contributed by atoms with Crippen molar-refractivity contribution in [2.75, 3.05) is 24.6 Å². The number of halogens is 3. The number of amides is 1. The molecule has 2 aliphatic rings. The lowest BCUT2D eigenvalue weighted by Crippen LogP contribution is -2.45. The number of anilines is 1. The van der Waals surface area contributed by atoms with Crippen molar-refractivity contribution in [3.8, 4) is 0 Å². The molecule has 2 aromatic rings. The minimum Gasteiger partial charge on any atom is -0.447 e. The monoisotopic (exact) mass is 358 g/mol. The number of hydrogen-bond donors (Lipinski definition) is 1. The fourth-order valence-corrected chi connectivity index (χ4v) is 5.06. The quantitative estimate of drug-likeness (QED) is 0.842. The summed E-state index contributed by atoms with van der Waals surface area (Å²) >= 11 is 7.60. The predicted molar refractivity (Wildman–Crippen MR) is 85.5 cm³/mol. The Labute approximate surface area is 140 Å². The first-order chi connectivity index (χ1) is 10.9. The van der Waals surface area contributed by atoms with Crippen LogP contribution in [0.5, 0.6) is 0 Å². The Kier molecular flexibility index (Phi) is 3.22. The molecule has 4 rings (SSSR count). The van der Waals surface area contributed by atoms with Crippen molar-refractivity contribution >= 4 is 44.1 Å². The molecule has 3 heterocycles. The first kappa shape index (κ1) is 15.0. The second kappa shape index (κ2) is 4.95. The fraction of sp³-hybridized carbons (Fsp3) is 0.400. The SMILES string of the molecule is Cc1cc(F)c(F)c2sc(N3CCC4(COC(=O)N4)C3)c(Cl)c12. The lowest BCUT2D eigenvalue weighted by atomic mass is 10.0. The molecule has 1 aromatic carbocycles. The number of benzene rings is 1. The number of carbonyl (C=O) groups is 1. The van der Waals surface area contributed by atoms with Gasteiger partial charge in [-0.05, 0) is 25.0 Å². The van der Waals surface area contributed by atoms with Crippen LogP contribution < -0.4 is 10.2 Å². The normalized spacial score (nSPS) is 23.8. The Hall–Kier alpha value is -1.60. The highest BCUT2D eigenvalue weighted by atomic mass is 35.5. The third kappa shape index (κ3) is 2.17. The van der Waals surface area contributed by atoms with E-state index < -0.39 is 23.3 Å². The minimum atomic E-state index is -0.867. The fourth-order valence-electron chi connectivity index (χ4n) is 3.30. The maximum Gasteiger partial charge on any atom is 0.407 e. The zero-order valence-electron chi connectivity index (χ0n) is 12.2. The van der Waals surface area contributed by atoms with Gasteiger partial charge in [-0.1, -0.05) is 11.6 Å². The first-order valence-electron chi connectivity index (χ1n) is 7.17. The van der Waals surface area contributed by atoms with Crippen molar-refractivity contribution in [1.29, 1.82) is 0 Å². The van der Waals surface area contributed by atoms with Gasteiger partial charge in [0, 0.05) is 18.5 Å². The minimum absolute atomic E-state index is 0.232. The molecule has 23 heavy (non-hydrogen) atoms. The molecule has 1 atom stereocenters. The van der Waals surface area contributed by atoms with Gasteiger partial charge in [0.15, 0.2) is 11.6 Å². The molecule has 1 spiro atoms. The molecule has 1 unspecified atom stereocenters. The molecule has 2 aliphatic heterocycles. The molecule has 1 aromatic heterocycles. The molecule has 0 aliphatic carbocycles. The number of hydrogen-bond acceptors (Lipinski definition) is 4. The van der Waals surface area contributed by atoms with E-state index in [2.05, 4.69) is 5.32 Å². The van der Waals surface area contributed by atoms with Gasteiger partial charge in [-0.25, -0.2) is 13.6 Å². The van der Waals surface area contributed by atoms with Gasteiger partial charge in [-0.2, -0.15) is 0 Å². The molecule has 1 N–H and O–H groups in total. The van der Waals surface area contributed by atoms with Crippen LogP contribution in [-0.2, 0) is 4.74 Å². The third-order valence-electron chi connectivity index (χ3n) is 4.47. The Bertz CT molecular complexity index is 841. The average molecular weight is 359 g/mol. The van der Waals surface area contributed by atoms with Gasteiger partial charge in [-0.15, -0.1) is 11.3 Å². The largest absolute Gasteiger partial charge is 0.447 e. The number of nitrogens with one attached hydrogen (secondary N) is 1. The average Bonchev–Trinajstić information content (AvgIpc) is 3.16. The van der Waals surface area contributed by atoms with Gasteiger partial charge in [0.05, 0.1) is 15.3 Å². The van der Waals surface area contributed by atoms with Crippen molar-refractivity contribution in [3.05, 3.63) is 28.3 Å². The summed E-state index contributed by atoms with van der Waals surface area (Å²) in [5, 5.41) is 4.53. The summed E-state index contributed by atoms with van der Waals surface area (Å²) in [6.45, 7) is 3.23. The molecule has 0 saturated carbocycles. The van der Waals surface area contributed by atoms with Crippen LogP contribution in [0.1, 0.15) is 12.0 Å². The number of fused-ring (bicyclic) bond motifs is 1. The molecular formula is C15H13ClF2N2O2S. The first-order valence-corrected chi connectivity index (χ1v) is 8.36. The topological polar surface area (TPSA) is 41.6 Å². The van der Waals surface area contributed by atoms with Crippen molar-refractivity contribution < 1.29 is 18.3 Å². The van der Waals surface area contributed by atoms with Gasteiger partial charge >= 0.3 is 6.09 Å². The lowest BCUT2D eigenvalue weighted by molar-refractivity contribution is 0.173. The molecule has 0 radical (unpaired) electrons. The predicted octanol–water partition coefficient (Wildman–Crippen LogP) is 3.83. The second-order valence-electron chi connectivity index (χ2n) is 6.07. The van der Waals surface area contributed by atoms with E-state index in [1.54, 1.807) is 6.92 Å². The van der Waals surface area contributed by atoms with Gasteiger partial charge in [0.25, 0.3) is 0 Å². The number of aryl methyl sites for hydroxylation is 1. The number of alkyl carbamates (subject to hydrolysis) is 1. The van der Waals surface area contributed by atoms with Gasteiger partial charge in [0.2, 0.25) is 0 Å².